The van der Waals surface area contributed by atoms with Gasteiger partial charge < -0.3 is 20.0 Å². The van der Waals surface area contributed by atoms with E-state index in [1.54, 1.807) is 49.4 Å². The van der Waals surface area contributed by atoms with Gasteiger partial charge in [-0.05, 0) is 37.3 Å². The van der Waals surface area contributed by atoms with Crippen LogP contribution in [0.3, 0.4) is 0 Å². The molecule has 1 aliphatic heterocycles. The molecule has 2 N–H and O–H groups in total. The Bertz CT molecular complexity index is 1150. The fraction of sp³-hybridized carbons (Fsp3) is 0.250. The summed E-state index contributed by atoms with van der Waals surface area (Å²) >= 11 is 6.38. The number of rotatable bonds is 4. The molecule has 0 aliphatic carbocycles. The van der Waals surface area contributed by atoms with E-state index >= 15 is 0 Å². The molecule has 29 heavy (non-hydrogen) atoms. The molecule has 0 radical (unpaired) electrons. The summed E-state index contributed by atoms with van der Waals surface area (Å²) in [7, 11) is 0. The molecule has 1 atom stereocenters. The van der Waals surface area contributed by atoms with Crippen molar-refractivity contribution in [1.29, 1.82) is 0 Å². The van der Waals surface area contributed by atoms with Crippen molar-refractivity contribution in [3.63, 3.8) is 0 Å². The number of hydrogen-bond donors (Lipinski definition) is 2. The first kappa shape index (κ1) is 19.1. The van der Waals surface area contributed by atoms with Crippen LogP contribution in [0.1, 0.15) is 13.0 Å². The zero-order valence-corrected chi connectivity index (χ0v) is 16.4. The Labute approximate surface area is 171 Å². The molecular formula is C20H19ClN4O4. The normalized spacial score (nSPS) is 15.2. The number of benzene rings is 2. The van der Waals surface area contributed by atoms with E-state index in [1.807, 2.05) is 4.90 Å². The maximum absolute atomic E-state index is 12.7. The number of anilines is 2. The Hall–Kier alpha value is -3.26. The number of nitrogens with one attached hydrogen (secondary N) is 2. The molecule has 1 aromatic heterocycles. The van der Waals surface area contributed by atoms with Gasteiger partial charge in [-0.3, -0.25) is 14.2 Å². The van der Waals surface area contributed by atoms with E-state index in [0.29, 0.717) is 34.9 Å². The van der Waals surface area contributed by atoms with Crippen molar-refractivity contribution in [2.45, 2.75) is 13.0 Å². The topological polar surface area (TPSA) is 96.6 Å². The molecule has 2 heterocycles. The maximum Gasteiger partial charge on any atom is 0.420 e. The highest BCUT2D eigenvalue weighted by atomic mass is 35.5. The minimum atomic E-state index is -0.782. The van der Waals surface area contributed by atoms with Crippen molar-refractivity contribution in [1.82, 2.24) is 9.88 Å². The third-order valence-corrected chi connectivity index (χ3v) is 5.18. The van der Waals surface area contributed by atoms with Gasteiger partial charge in [0.1, 0.15) is 6.04 Å². The molecule has 1 aliphatic rings. The second kappa shape index (κ2) is 7.63. The van der Waals surface area contributed by atoms with Crippen LogP contribution in [0.25, 0.3) is 11.1 Å². The van der Waals surface area contributed by atoms with Gasteiger partial charge in [-0.15, -0.1) is 0 Å². The number of carbonyl (C=O) groups is 2. The molecule has 1 unspecified atom stereocenters. The Morgan fingerprint density at radius 3 is 2.79 bits per heavy atom. The van der Waals surface area contributed by atoms with Crippen molar-refractivity contribution in [2.75, 3.05) is 29.9 Å². The van der Waals surface area contributed by atoms with Crippen LogP contribution in [0, 0.1) is 0 Å². The summed E-state index contributed by atoms with van der Waals surface area (Å²) in [6.45, 7) is 3.07. The standard InChI is InChI=1S/C20H19ClN4O4/c1-12(25-16-4-2-3-5-17(16)29-20(25)28)19(27)23-13-6-7-15(14(21)10-13)24-9-8-22-18(26)11-24/h2-7,10,12H,8-9,11H2,1H3,(H,22,26)(H,23,27). The van der Waals surface area contributed by atoms with Gasteiger partial charge >= 0.3 is 5.76 Å². The number of carbonyl (C=O) groups excluding carboxylic acids is 2. The van der Waals surface area contributed by atoms with Crippen LogP contribution in [-0.4, -0.2) is 36.0 Å². The summed E-state index contributed by atoms with van der Waals surface area (Å²) in [6.07, 6.45) is 0. The van der Waals surface area contributed by atoms with Crippen molar-refractivity contribution < 1.29 is 14.0 Å². The number of piperazine rings is 1. The molecule has 150 valence electrons. The van der Waals surface area contributed by atoms with Crippen molar-refractivity contribution in [3.8, 4) is 0 Å². The number of hydrogen-bond acceptors (Lipinski definition) is 5. The molecule has 4 rings (SSSR count). The Balaban J connectivity index is 1.53. The number of nitrogens with zero attached hydrogens (tertiary/aromatic N) is 2. The smallest absolute Gasteiger partial charge is 0.408 e. The van der Waals surface area contributed by atoms with Crippen molar-refractivity contribution in [2.24, 2.45) is 0 Å². The fourth-order valence-corrected chi connectivity index (χ4v) is 3.70. The number of oxazole rings is 1. The van der Waals surface area contributed by atoms with Gasteiger partial charge in [0, 0.05) is 18.8 Å². The highest BCUT2D eigenvalue weighted by Gasteiger charge is 2.22. The second-order valence-electron chi connectivity index (χ2n) is 6.81. The lowest BCUT2D eigenvalue weighted by Gasteiger charge is -2.29. The predicted octanol–water partition coefficient (Wildman–Crippen LogP) is 2.38. The third kappa shape index (κ3) is 3.71. The lowest BCUT2D eigenvalue weighted by molar-refractivity contribution is -0.120. The third-order valence-electron chi connectivity index (χ3n) is 4.88. The molecule has 1 saturated heterocycles. The summed E-state index contributed by atoms with van der Waals surface area (Å²) in [6, 6.07) is 11.3. The van der Waals surface area contributed by atoms with Gasteiger partial charge in [0.05, 0.1) is 22.8 Å². The SMILES string of the molecule is CC(C(=O)Nc1ccc(N2CCNC(=O)C2)c(Cl)c1)n1c(=O)oc2ccccc21. The number of halogens is 1. The summed E-state index contributed by atoms with van der Waals surface area (Å²) in [5.74, 6) is -1.03. The zero-order chi connectivity index (χ0) is 20.5. The fourth-order valence-electron chi connectivity index (χ4n) is 3.40. The van der Waals surface area contributed by atoms with Gasteiger partial charge in [-0.2, -0.15) is 0 Å². The lowest BCUT2D eigenvalue weighted by atomic mass is 10.2. The van der Waals surface area contributed by atoms with E-state index in [0.717, 1.165) is 5.69 Å². The van der Waals surface area contributed by atoms with Gasteiger partial charge in [-0.1, -0.05) is 23.7 Å². The van der Waals surface area contributed by atoms with E-state index < -0.39 is 11.8 Å². The summed E-state index contributed by atoms with van der Waals surface area (Å²) in [4.78, 5) is 38.4. The zero-order valence-electron chi connectivity index (χ0n) is 15.6. The molecule has 8 nitrogen and oxygen atoms in total. The van der Waals surface area contributed by atoms with E-state index in [4.69, 9.17) is 16.0 Å². The van der Waals surface area contributed by atoms with Gasteiger partial charge in [0.2, 0.25) is 11.8 Å². The van der Waals surface area contributed by atoms with Crippen LogP contribution in [0.4, 0.5) is 11.4 Å². The quantitative estimate of drug-likeness (QED) is 0.683. The Kier molecular flexibility index (Phi) is 5.02. The summed E-state index contributed by atoms with van der Waals surface area (Å²) < 4.78 is 6.51. The van der Waals surface area contributed by atoms with Crippen molar-refractivity contribution >= 4 is 45.9 Å². The van der Waals surface area contributed by atoms with E-state index in [1.165, 1.54) is 4.57 Å². The molecule has 3 aromatic rings. The minimum absolute atomic E-state index is 0.0590. The Morgan fingerprint density at radius 1 is 1.24 bits per heavy atom. The molecule has 2 aromatic carbocycles. The molecule has 9 heteroatoms. The lowest BCUT2D eigenvalue weighted by Crippen LogP contribution is -2.47. The van der Waals surface area contributed by atoms with Crippen LogP contribution < -0.4 is 21.3 Å². The molecule has 2 amide bonds. The highest BCUT2D eigenvalue weighted by Crippen LogP contribution is 2.29. The van der Waals surface area contributed by atoms with Crippen LogP contribution >= 0.6 is 11.6 Å². The second-order valence-corrected chi connectivity index (χ2v) is 7.22. The van der Waals surface area contributed by atoms with Crippen molar-refractivity contribution in [3.05, 3.63) is 58.0 Å². The summed E-state index contributed by atoms with van der Waals surface area (Å²) in [5.41, 5.74) is 2.20. The number of fused-ring (bicyclic) bond motifs is 1. The highest BCUT2D eigenvalue weighted by molar-refractivity contribution is 6.33. The number of para-hydroxylation sites is 2. The van der Waals surface area contributed by atoms with E-state index in [9.17, 15) is 14.4 Å². The van der Waals surface area contributed by atoms with Gasteiger partial charge in [-0.25, -0.2) is 4.79 Å². The van der Waals surface area contributed by atoms with Crippen LogP contribution in [-0.2, 0) is 9.59 Å². The first-order valence-corrected chi connectivity index (χ1v) is 9.54. The minimum Gasteiger partial charge on any atom is -0.408 e. The Morgan fingerprint density at radius 2 is 2.03 bits per heavy atom. The average molecular weight is 415 g/mol. The summed E-state index contributed by atoms with van der Waals surface area (Å²) in [5, 5.41) is 5.97. The van der Waals surface area contributed by atoms with E-state index in [-0.39, 0.29) is 18.4 Å². The molecule has 1 fully saturated rings. The predicted molar refractivity (Wildman–Crippen MR) is 110 cm³/mol. The maximum atomic E-state index is 12.7. The molecule has 0 saturated carbocycles. The van der Waals surface area contributed by atoms with Crippen LogP contribution in [0.2, 0.25) is 5.02 Å². The average Bonchev–Trinajstić information content (AvgIpc) is 3.03. The monoisotopic (exact) mass is 414 g/mol. The number of amides is 2. The molecule has 0 spiro atoms. The van der Waals surface area contributed by atoms with Crippen LogP contribution in [0.15, 0.2) is 51.7 Å². The van der Waals surface area contributed by atoms with E-state index in [2.05, 4.69) is 10.6 Å². The number of aromatic nitrogens is 1. The van der Waals surface area contributed by atoms with Crippen LogP contribution in [0.5, 0.6) is 0 Å². The molecular weight excluding hydrogens is 396 g/mol. The molecule has 0 bridgehead atoms. The van der Waals surface area contributed by atoms with Gasteiger partial charge in [0.25, 0.3) is 0 Å². The first-order valence-electron chi connectivity index (χ1n) is 9.16. The first-order chi connectivity index (χ1) is 13.9. The largest absolute Gasteiger partial charge is 0.420 e. The van der Waals surface area contributed by atoms with Gasteiger partial charge in [0.15, 0.2) is 5.58 Å².